The minimum absolute atomic E-state index is 0.0220. The van der Waals surface area contributed by atoms with E-state index in [1.165, 1.54) is 12.1 Å². The average Bonchev–Trinajstić information content (AvgIpc) is 2.37. The molecule has 0 saturated carbocycles. The molecule has 1 aromatic carbocycles. The second-order valence-corrected chi connectivity index (χ2v) is 4.12. The van der Waals surface area contributed by atoms with Crippen LogP contribution in [0.1, 0.15) is 15.9 Å². The Labute approximate surface area is 115 Å². The molecule has 0 amide bonds. The molecule has 0 aliphatic carbocycles. The lowest BCUT2D eigenvalue weighted by Crippen LogP contribution is -2.23. The maximum Gasteiger partial charge on any atom is 0.416 e. The van der Waals surface area contributed by atoms with Crippen molar-refractivity contribution in [1.29, 1.82) is 0 Å². The van der Waals surface area contributed by atoms with Gasteiger partial charge in [0.05, 0.1) is 17.1 Å². The van der Waals surface area contributed by atoms with Gasteiger partial charge in [-0.2, -0.15) is 13.2 Å². The van der Waals surface area contributed by atoms with Crippen LogP contribution in [0.5, 0.6) is 0 Å². The number of halogens is 4. The highest BCUT2D eigenvalue weighted by Crippen LogP contribution is 2.30. The predicted octanol–water partition coefficient (Wildman–Crippen LogP) is 2.18. The van der Waals surface area contributed by atoms with Gasteiger partial charge in [0.15, 0.2) is 5.82 Å². The number of carbonyl (C=O) groups excluding carboxylic acids is 1. The van der Waals surface area contributed by atoms with Crippen LogP contribution in [0.3, 0.4) is 0 Å². The predicted molar refractivity (Wildman–Crippen MR) is 61.8 cm³/mol. The number of aromatic nitrogens is 2. The molecule has 1 heterocycles. The van der Waals surface area contributed by atoms with E-state index >= 15 is 0 Å². The van der Waals surface area contributed by atoms with Crippen LogP contribution in [-0.4, -0.2) is 15.9 Å². The number of hydrogen-bond donors (Lipinski definition) is 0. The first-order chi connectivity index (χ1) is 9.29. The lowest BCUT2D eigenvalue weighted by Gasteiger charge is -2.08. The third-order valence-electron chi connectivity index (χ3n) is 2.43. The molecule has 0 N–H and O–H groups in total. The van der Waals surface area contributed by atoms with E-state index in [1.54, 1.807) is 0 Å². The molecule has 2 rings (SSSR count). The molecule has 4 nitrogen and oxygen atoms in total. The van der Waals surface area contributed by atoms with Crippen molar-refractivity contribution in [2.45, 2.75) is 6.18 Å². The minimum atomic E-state index is -4.43. The van der Waals surface area contributed by atoms with E-state index in [2.05, 4.69) is 9.97 Å². The molecule has 0 bridgehead atoms. The van der Waals surface area contributed by atoms with Gasteiger partial charge in [-0.1, -0.05) is 23.7 Å². The van der Waals surface area contributed by atoms with Crippen LogP contribution in [0.2, 0.25) is 5.15 Å². The van der Waals surface area contributed by atoms with Gasteiger partial charge >= 0.3 is 6.18 Å². The molecule has 8 heteroatoms. The van der Waals surface area contributed by atoms with Gasteiger partial charge in [0, 0.05) is 11.8 Å². The highest BCUT2D eigenvalue weighted by Gasteiger charge is 2.30. The second-order valence-electron chi connectivity index (χ2n) is 3.76. The maximum atomic E-state index is 12.4. The zero-order valence-corrected chi connectivity index (χ0v) is 10.4. The molecular formula is C12H5ClF3N2O2-. The highest BCUT2D eigenvalue weighted by molar-refractivity contribution is 6.32. The van der Waals surface area contributed by atoms with Gasteiger partial charge in [-0.3, -0.25) is 0 Å². The zero-order chi connectivity index (χ0) is 14.9. The van der Waals surface area contributed by atoms with Crippen molar-refractivity contribution in [2.24, 2.45) is 0 Å². The van der Waals surface area contributed by atoms with Gasteiger partial charge in [-0.15, -0.1) is 0 Å². The van der Waals surface area contributed by atoms with E-state index in [0.29, 0.717) is 0 Å². The largest absolute Gasteiger partial charge is 0.545 e. The summed E-state index contributed by atoms with van der Waals surface area (Å²) in [6.07, 6.45) is -3.49. The van der Waals surface area contributed by atoms with Gasteiger partial charge in [-0.05, 0) is 12.1 Å². The smallest absolute Gasteiger partial charge is 0.416 e. The van der Waals surface area contributed by atoms with Gasteiger partial charge in [0.25, 0.3) is 0 Å². The van der Waals surface area contributed by atoms with Gasteiger partial charge in [0.1, 0.15) is 5.15 Å². The molecule has 0 saturated heterocycles. The fourth-order valence-corrected chi connectivity index (χ4v) is 1.65. The summed E-state index contributed by atoms with van der Waals surface area (Å²) < 4.78 is 37.2. The van der Waals surface area contributed by atoms with Gasteiger partial charge < -0.3 is 9.90 Å². The van der Waals surface area contributed by atoms with Gasteiger partial charge in [-0.25, -0.2) is 9.97 Å². The number of carboxylic acid groups (broad SMARTS) is 1. The van der Waals surface area contributed by atoms with E-state index in [4.69, 9.17) is 11.6 Å². The molecule has 2 aromatic rings. The molecule has 0 radical (unpaired) electrons. The number of hydrogen-bond acceptors (Lipinski definition) is 4. The zero-order valence-electron chi connectivity index (χ0n) is 9.61. The first-order valence-corrected chi connectivity index (χ1v) is 5.58. The molecule has 0 aliphatic rings. The van der Waals surface area contributed by atoms with E-state index in [0.717, 1.165) is 18.3 Å². The minimum Gasteiger partial charge on any atom is -0.545 e. The average molecular weight is 302 g/mol. The Bertz CT molecular complexity index is 657. The van der Waals surface area contributed by atoms with Crippen molar-refractivity contribution in [3.05, 3.63) is 46.7 Å². The molecule has 0 atom stereocenters. The fourth-order valence-electron chi connectivity index (χ4n) is 1.45. The quantitative estimate of drug-likeness (QED) is 0.797. The maximum absolute atomic E-state index is 12.4. The first kappa shape index (κ1) is 14.3. The molecule has 0 aliphatic heterocycles. The van der Waals surface area contributed by atoms with Crippen LogP contribution in [0.25, 0.3) is 11.4 Å². The molecule has 0 fully saturated rings. The lowest BCUT2D eigenvalue weighted by molar-refractivity contribution is -0.255. The Balaban J connectivity index is 2.37. The molecule has 1 aromatic heterocycles. The number of carboxylic acids is 1. The van der Waals surface area contributed by atoms with Crippen LogP contribution in [-0.2, 0) is 6.18 Å². The van der Waals surface area contributed by atoms with Crippen molar-refractivity contribution in [3.63, 3.8) is 0 Å². The third kappa shape index (κ3) is 2.88. The van der Waals surface area contributed by atoms with E-state index in [-0.39, 0.29) is 22.1 Å². The Kier molecular flexibility index (Phi) is 3.63. The number of benzene rings is 1. The Morgan fingerprint density at radius 3 is 2.25 bits per heavy atom. The van der Waals surface area contributed by atoms with Gasteiger partial charge in [0.2, 0.25) is 0 Å². The normalized spacial score (nSPS) is 11.4. The van der Waals surface area contributed by atoms with E-state index < -0.39 is 17.7 Å². The van der Waals surface area contributed by atoms with Crippen molar-refractivity contribution in [2.75, 3.05) is 0 Å². The number of nitrogens with zero attached hydrogens (tertiary/aromatic N) is 2. The van der Waals surface area contributed by atoms with Crippen LogP contribution >= 0.6 is 11.6 Å². The number of alkyl halides is 3. The summed E-state index contributed by atoms with van der Waals surface area (Å²) in [5.41, 5.74) is -0.911. The molecular weight excluding hydrogens is 297 g/mol. The Morgan fingerprint density at radius 1 is 1.20 bits per heavy atom. The number of aromatic carboxylic acids is 1. The molecule has 0 unspecified atom stereocenters. The number of carbonyl (C=O) groups is 1. The SMILES string of the molecule is O=C([O-])c1cnc(-c2ccc(C(F)(F)F)cc2)nc1Cl. The molecule has 0 spiro atoms. The van der Waals surface area contributed by atoms with Crippen molar-refractivity contribution in [1.82, 2.24) is 9.97 Å². The summed E-state index contributed by atoms with van der Waals surface area (Å²) in [4.78, 5) is 18.1. The third-order valence-corrected chi connectivity index (χ3v) is 2.72. The Hall–Kier alpha value is -2.15. The van der Waals surface area contributed by atoms with Crippen LogP contribution in [0, 0.1) is 0 Å². The summed E-state index contributed by atoms with van der Waals surface area (Å²) in [5, 5.41) is 10.3. The van der Waals surface area contributed by atoms with E-state index in [1.807, 2.05) is 0 Å². The molecule has 20 heavy (non-hydrogen) atoms. The van der Waals surface area contributed by atoms with E-state index in [9.17, 15) is 23.1 Å². The highest BCUT2D eigenvalue weighted by atomic mass is 35.5. The van der Waals surface area contributed by atoms with Crippen molar-refractivity contribution < 1.29 is 23.1 Å². The summed E-state index contributed by atoms with van der Waals surface area (Å²) in [6.45, 7) is 0. The first-order valence-electron chi connectivity index (χ1n) is 5.20. The summed E-state index contributed by atoms with van der Waals surface area (Å²) in [7, 11) is 0. The standard InChI is InChI=1S/C12H6ClF3N2O2/c13-9-8(11(19)20)5-17-10(18-9)6-1-3-7(4-2-6)12(14,15)16/h1-5H,(H,19,20)/p-1. The summed E-state index contributed by atoms with van der Waals surface area (Å²) in [6, 6.07) is 4.10. The topological polar surface area (TPSA) is 65.9 Å². The second kappa shape index (κ2) is 5.09. The number of rotatable bonds is 2. The fraction of sp³-hybridized carbons (Fsp3) is 0.0833. The molecule has 104 valence electrons. The van der Waals surface area contributed by atoms with Crippen LogP contribution < -0.4 is 5.11 Å². The Morgan fingerprint density at radius 2 is 1.80 bits per heavy atom. The monoisotopic (exact) mass is 301 g/mol. The van der Waals surface area contributed by atoms with Crippen LogP contribution in [0.15, 0.2) is 30.5 Å². The van der Waals surface area contributed by atoms with Crippen molar-refractivity contribution in [3.8, 4) is 11.4 Å². The van der Waals surface area contributed by atoms with Crippen molar-refractivity contribution >= 4 is 17.6 Å². The lowest BCUT2D eigenvalue weighted by atomic mass is 10.1. The van der Waals surface area contributed by atoms with Crippen LogP contribution in [0.4, 0.5) is 13.2 Å². The summed E-state index contributed by atoms with van der Waals surface area (Å²) in [5.74, 6) is -1.51. The summed E-state index contributed by atoms with van der Waals surface area (Å²) >= 11 is 5.63.